The Morgan fingerprint density at radius 1 is 1.13 bits per heavy atom. The predicted octanol–water partition coefficient (Wildman–Crippen LogP) is 2.30. The molecular weight excluding hydrogens is 484 g/mol. The normalized spacial score (nSPS) is 15.8. The highest BCUT2D eigenvalue weighted by Gasteiger charge is 2.28. The lowest BCUT2D eigenvalue weighted by Gasteiger charge is -2.33. The van der Waals surface area contributed by atoms with E-state index in [9.17, 15) is 13.2 Å². The molecule has 1 N–H and O–H groups in total. The van der Waals surface area contributed by atoms with E-state index in [0.29, 0.717) is 38.5 Å². The number of ether oxygens (including phenoxy) is 1. The summed E-state index contributed by atoms with van der Waals surface area (Å²) >= 11 is 3.31. The Morgan fingerprint density at radius 3 is 2.48 bits per heavy atom. The minimum absolute atomic E-state index is 0.149. The van der Waals surface area contributed by atoms with Crippen LogP contribution in [-0.4, -0.2) is 69.1 Å². The third-order valence-electron chi connectivity index (χ3n) is 4.76. The molecule has 1 fully saturated rings. The first-order valence-electron chi connectivity index (χ1n) is 9.92. The first kappa shape index (κ1) is 23.4. The van der Waals surface area contributed by atoms with Gasteiger partial charge in [-0.2, -0.15) is 9.41 Å². The van der Waals surface area contributed by atoms with Crippen LogP contribution in [0.1, 0.15) is 12.5 Å². The summed E-state index contributed by atoms with van der Waals surface area (Å²) in [6.45, 7) is 4.20. The number of sulfonamides is 1. The van der Waals surface area contributed by atoms with Crippen molar-refractivity contribution in [3.8, 4) is 5.75 Å². The second kappa shape index (κ2) is 10.9. The van der Waals surface area contributed by atoms with Crippen molar-refractivity contribution in [2.45, 2.75) is 11.8 Å². The van der Waals surface area contributed by atoms with E-state index in [0.717, 1.165) is 10.0 Å². The number of hydrogen-bond donors (Lipinski definition) is 1. The molecule has 0 unspecified atom stereocenters. The Kier molecular flexibility index (Phi) is 8.19. The van der Waals surface area contributed by atoms with Gasteiger partial charge in [-0.25, -0.2) is 13.8 Å². The SMILES string of the molecule is CCOc1ccccc1/C=N/NC(=O)CN1CCN(S(=O)(=O)c2ccc(Br)cc2)CC1. The molecule has 2 aromatic rings. The number of carbonyl (C=O) groups is 1. The van der Waals surface area contributed by atoms with Gasteiger partial charge in [0.05, 0.1) is 24.3 Å². The molecule has 10 heteroatoms. The first-order chi connectivity index (χ1) is 14.9. The maximum Gasteiger partial charge on any atom is 0.254 e. The van der Waals surface area contributed by atoms with Crippen LogP contribution in [0.3, 0.4) is 0 Å². The molecule has 0 aliphatic carbocycles. The number of hydrogen-bond acceptors (Lipinski definition) is 6. The van der Waals surface area contributed by atoms with E-state index in [1.807, 2.05) is 36.1 Å². The van der Waals surface area contributed by atoms with Crippen molar-refractivity contribution in [1.29, 1.82) is 0 Å². The number of nitrogens with zero attached hydrogens (tertiary/aromatic N) is 3. The van der Waals surface area contributed by atoms with E-state index < -0.39 is 10.0 Å². The zero-order valence-electron chi connectivity index (χ0n) is 17.2. The van der Waals surface area contributed by atoms with Gasteiger partial charge >= 0.3 is 0 Å². The van der Waals surface area contributed by atoms with E-state index in [4.69, 9.17) is 4.74 Å². The molecule has 2 aromatic carbocycles. The van der Waals surface area contributed by atoms with Crippen molar-refractivity contribution >= 4 is 38.1 Å². The maximum absolute atomic E-state index is 12.8. The van der Waals surface area contributed by atoms with Gasteiger partial charge in [-0.3, -0.25) is 9.69 Å². The number of hydrazone groups is 1. The third kappa shape index (κ3) is 6.36. The van der Waals surface area contributed by atoms with Crippen molar-refractivity contribution in [3.05, 3.63) is 58.6 Å². The van der Waals surface area contributed by atoms with Crippen LogP contribution in [0.2, 0.25) is 0 Å². The number of benzene rings is 2. The molecule has 0 bridgehead atoms. The highest BCUT2D eigenvalue weighted by Crippen LogP contribution is 2.20. The number of piperazine rings is 1. The molecule has 0 aromatic heterocycles. The van der Waals surface area contributed by atoms with Gasteiger partial charge < -0.3 is 4.74 Å². The summed E-state index contributed by atoms with van der Waals surface area (Å²) in [7, 11) is -3.53. The fraction of sp³-hybridized carbons (Fsp3) is 0.333. The zero-order chi connectivity index (χ0) is 22.3. The van der Waals surface area contributed by atoms with Gasteiger partial charge in [-0.1, -0.05) is 28.1 Å². The molecule has 0 atom stereocenters. The van der Waals surface area contributed by atoms with Crippen molar-refractivity contribution in [2.24, 2.45) is 5.10 Å². The molecule has 0 radical (unpaired) electrons. The van der Waals surface area contributed by atoms with Gasteiger partial charge in [0.1, 0.15) is 5.75 Å². The van der Waals surface area contributed by atoms with Crippen LogP contribution in [-0.2, 0) is 14.8 Å². The average molecular weight is 509 g/mol. The Hall–Kier alpha value is -2.27. The molecule has 1 saturated heterocycles. The van der Waals surface area contributed by atoms with Crippen LogP contribution in [0.5, 0.6) is 5.75 Å². The van der Waals surface area contributed by atoms with Crippen LogP contribution >= 0.6 is 15.9 Å². The Morgan fingerprint density at radius 2 is 1.81 bits per heavy atom. The van der Waals surface area contributed by atoms with Crippen LogP contribution in [0.25, 0.3) is 0 Å². The van der Waals surface area contributed by atoms with Crippen LogP contribution in [0.4, 0.5) is 0 Å². The van der Waals surface area contributed by atoms with Gasteiger partial charge in [0.2, 0.25) is 10.0 Å². The van der Waals surface area contributed by atoms with E-state index in [-0.39, 0.29) is 17.3 Å². The highest BCUT2D eigenvalue weighted by molar-refractivity contribution is 9.10. The minimum Gasteiger partial charge on any atom is -0.493 e. The largest absolute Gasteiger partial charge is 0.493 e. The molecule has 0 saturated carbocycles. The number of carbonyl (C=O) groups excluding carboxylic acids is 1. The Bertz CT molecular complexity index is 1020. The maximum atomic E-state index is 12.8. The summed E-state index contributed by atoms with van der Waals surface area (Å²) in [4.78, 5) is 14.4. The molecule has 31 heavy (non-hydrogen) atoms. The molecule has 1 amide bonds. The van der Waals surface area contributed by atoms with Gasteiger partial charge in [-0.15, -0.1) is 0 Å². The second-order valence-corrected chi connectivity index (χ2v) is 9.75. The minimum atomic E-state index is -3.53. The highest BCUT2D eigenvalue weighted by atomic mass is 79.9. The Labute approximate surface area is 191 Å². The van der Waals surface area contributed by atoms with Crippen molar-refractivity contribution in [3.63, 3.8) is 0 Å². The van der Waals surface area contributed by atoms with Gasteiger partial charge in [0.15, 0.2) is 0 Å². The molecule has 1 aliphatic rings. The smallest absolute Gasteiger partial charge is 0.254 e. The van der Waals surface area contributed by atoms with E-state index in [1.165, 1.54) is 4.31 Å². The summed E-state index contributed by atoms with van der Waals surface area (Å²) in [6, 6.07) is 14.0. The Balaban J connectivity index is 1.48. The van der Waals surface area contributed by atoms with Crippen LogP contribution in [0, 0.1) is 0 Å². The summed E-state index contributed by atoms with van der Waals surface area (Å²) < 4.78 is 33.3. The van der Waals surface area contributed by atoms with Crippen LogP contribution in [0.15, 0.2) is 63.0 Å². The summed E-state index contributed by atoms with van der Waals surface area (Å²) in [5, 5.41) is 4.01. The number of nitrogens with one attached hydrogen (secondary N) is 1. The number of rotatable bonds is 8. The lowest BCUT2D eigenvalue weighted by Crippen LogP contribution is -2.50. The molecular formula is C21H25BrN4O4S. The summed E-state index contributed by atoms with van der Waals surface area (Å²) in [5.74, 6) is 0.445. The number of halogens is 1. The second-order valence-electron chi connectivity index (χ2n) is 6.90. The fourth-order valence-electron chi connectivity index (χ4n) is 3.17. The molecule has 8 nitrogen and oxygen atoms in total. The topological polar surface area (TPSA) is 91.3 Å². The average Bonchev–Trinajstić information content (AvgIpc) is 2.76. The third-order valence-corrected chi connectivity index (χ3v) is 7.20. The summed E-state index contributed by atoms with van der Waals surface area (Å²) in [6.07, 6.45) is 1.55. The predicted molar refractivity (Wildman–Crippen MR) is 123 cm³/mol. The zero-order valence-corrected chi connectivity index (χ0v) is 19.6. The molecule has 1 aliphatic heterocycles. The van der Waals surface area contributed by atoms with E-state index >= 15 is 0 Å². The van der Waals surface area contributed by atoms with Crippen molar-refractivity contribution in [2.75, 3.05) is 39.3 Å². The van der Waals surface area contributed by atoms with Crippen molar-refractivity contribution in [1.82, 2.24) is 14.6 Å². The molecule has 0 spiro atoms. The number of amides is 1. The monoisotopic (exact) mass is 508 g/mol. The first-order valence-corrected chi connectivity index (χ1v) is 12.1. The van der Waals surface area contributed by atoms with E-state index in [2.05, 4.69) is 26.5 Å². The lowest BCUT2D eigenvalue weighted by molar-refractivity contribution is -0.122. The van der Waals surface area contributed by atoms with E-state index in [1.54, 1.807) is 30.5 Å². The van der Waals surface area contributed by atoms with Crippen LogP contribution < -0.4 is 10.2 Å². The van der Waals surface area contributed by atoms with Gasteiger partial charge in [0, 0.05) is 36.2 Å². The lowest BCUT2D eigenvalue weighted by atomic mass is 10.2. The molecule has 166 valence electrons. The molecule has 1 heterocycles. The number of para-hydroxylation sites is 1. The summed E-state index contributed by atoms with van der Waals surface area (Å²) in [5.41, 5.74) is 3.29. The quantitative estimate of drug-likeness (QED) is 0.436. The van der Waals surface area contributed by atoms with Crippen molar-refractivity contribution < 1.29 is 17.9 Å². The standard InChI is InChI=1S/C21H25BrN4O4S/c1-2-30-20-6-4-3-5-17(20)15-23-24-21(27)16-25-11-13-26(14-12-25)31(28,29)19-9-7-18(22)8-10-19/h3-10,15H,2,11-14,16H2,1H3,(H,24,27)/b23-15+. The molecule has 3 rings (SSSR count). The van der Waals surface area contributed by atoms with Gasteiger partial charge in [-0.05, 0) is 43.3 Å². The fourth-order valence-corrected chi connectivity index (χ4v) is 4.86. The van der Waals surface area contributed by atoms with Gasteiger partial charge in [0.25, 0.3) is 5.91 Å².